The molecule has 6 aromatic rings. The number of ketones is 2. The van der Waals surface area contributed by atoms with E-state index in [2.05, 4.69) is 79.4 Å². The molecule has 2 heterocycles. The van der Waals surface area contributed by atoms with Gasteiger partial charge in [-0.15, -0.1) is 0 Å². The Kier molecular flexibility index (Phi) is 46.3. The zero-order valence-corrected chi connectivity index (χ0v) is 82.9. The number of amides is 15. The molecular formula is C103H139F2N17O22. The topological polar surface area (TPSA) is 624 Å². The summed E-state index contributed by atoms with van der Waals surface area (Å²) >= 11 is 0. The predicted molar refractivity (Wildman–Crippen MR) is 528 cm³/mol. The highest BCUT2D eigenvalue weighted by molar-refractivity contribution is 6.41. The Balaban J connectivity index is 1.31. The number of aromatic amines is 1. The number of phenols is 1. The van der Waals surface area contributed by atoms with Gasteiger partial charge in [0.2, 0.25) is 100 Å². The van der Waals surface area contributed by atoms with E-state index in [1.54, 1.807) is 111 Å². The van der Waals surface area contributed by atoms with E-state index in [9.17, 15) is 72.8 Å². The summed E-state index contributed by atoms with van der Waals surface area (Å²) in [6.07, 6.45) is 1.29. The summed E-state index contributed by atoms with van der Waals surface area (Å²) in [5, 5.41) is 79.8. The van der Waals surface area contributed by atoms with Crippen molar-refractivity contribution in [1.82, 2.24) is 79.4 Å². The van der Waals surface area contributed by atoms with Gasteiger partial charge in [0.1, 0.15) is 77.2 Å². The number of carbonyl (C=O) groups excluding carboxylic acids is 17. The number of Topliss-reactive ketones (excluding diaryl/α,β-unsaturated/α-hetero) is 2. The van der Waals surface area contributed by atoms with Crippen LogP contribution in [0.1, 0.15) is 200 Å². The molecule has 5 aromatic carbocycles. The van der Waals surface area contributed by atoms with Gasteiger partial charge < -0.3 is 111 Å². The molecule has 0 saturated heterocycles. The lowest BCUT2D eigenvalue weighted by Crippen LogP contribution is -2.65. The molecule has 7 rings (SSSR count). The van der Waals surface area contributed by atoms with Crippen LogP contribution in [-0.2, 0) is 118 Å². The molecule has 0 radical (unpaired) electrons. The first-order chi connectivity index (χ1) is 68.2. The minimum absolute atomic E-state index is 0.00106. The number of carbonyl (C=O) groups is 18. The normalized spacial score (nSPS) is 21.2. The number of allylic oxidation sites excluding steroid dienone is 2. The summed E-state index contributed by atoms with van der Waals surface area (Å²) in [5.74, 6) is -23.1. The highest BCUT2D eigenvalue weighted by atomic mass is 19.2. The van der Waals surface area contributed by atoms with Crippen molar-refractivity contribution in [2.75, 3.05) is 13.2 Å². The van der Waals surface area contributed by atoms with Gasteiger partial charge in [-0.25, -0.2) is 8.78 Å². The summed E-state index contributed by atoms with van der Waals surface area (Å²) in [4.78, 5) is 262. The number of aliphatic hydroxyl groups excluding tert-OH is 2. The van der Waals surface area contributed by atoms with Crippen LogP contribution >= 0.6 is 0 Å². The summed E-state index contributed by atoms with van der Waals surface area (Å²) in [6.45, 7) is 13.3. The van der Waals surface area contributed by atoms with Crippen molar-refractivity contribution in [2.45, 2.75) is 294 Å². The van der Waals surface area contributed by atoms with E-state index in [-0.39, 0.29) is 92.9 Å². The van der Waals surface area contributed by atoms with Crippen LogP contribution in [0, 0.1) is 29.4 Å². The van der Waals surface area contributed by atoms with Crippen LogP contribution in [0.3, 0.4) is 0 Å². The number of aliphatic hydroxyl groups is 2. The van der Waals surface area contributed by atoms with Crippen LogP contribution in [-0.4, -0.2) is 234 Å². The number of para-hydroxylation sites is 1. The number of benzene rings is 5. The Hall–Kier alpha value is -14.2. The average Bonchev–Trinajstić information content (AvgIpc) is 1.37. The molecule has 4 unspecified atom stereocenters. The Morgan fingerprint density at radius 2 is 1.07 bits per heavy atom. The number of fused-ring (bicyclic) bond motifs is 1. The van der Waals surface area contributed by atoms with Gasteiger partial charge >= 0.3 is 5.97 Å². The number of nitrogens with two attached hydrogens (primary N) is 2. The number of hydrogen-bond acceptors (Lipinski definition) is 22. The fourth-order valence-corrected chi connectivity index (χ4v) is 16.4. The predicted octanol–water partition coefficient (Wildman–Crippen LogP) is 3.07. The second-order valence-electron chi connectivity index (χ2n) is 38.0. The van der Waals surface area contributed by atoms with Crippen molar-refractivity contribution in [2.24, 2.45) is 29.2 Å². The van der Waals surface area contributed by atoms with E-state index >= 15 is 42.7 Å². The molecule has 782 valence electrons. The summed E-state index contributed by atoms with van der Waals surface area (Å²) in [7, 11) is 0. The molecule has 1 aliphatic heterocycles. The number of aliphatic carboxylic acids is 1. The molecule has 0 aliphatic carbocycles. The first-order valence-electron chi connectivity index (χ1n) is 48.5. The average molecular weight is 2010 g/mol. The molecule has 41 heteroatoms. The lowest BCUT2D eigenvalue weighted by Gasteiger charge is -2.34. The maximum absolute atomic E-state index is 15.8. The number of aromatic hydroxyl groups is 1. The zero-order valence-electron chi connectivity index (χ0n) is 82.9. The summed E-state index contributed by atoms with van der Waals surface area (Å²) < 4.78 is 30.2. The fraction of sp³-hybridized carbons (Fsp3) is 0.495. The molecule has 1 aromatic heterocycles. The van der Waals surface area contributed by atoms with Gasteiger partial charge in [-0.1, -0.05) is 163 Å². The molecule has 1 aliphatic rings. The number of carboxylic acid groups (broad SMARTS) is 1. The third-order valence-corrected chi connectivity index (χ3v) is 24.8. The SMILES string of the molecule is CC(=O)N[C@@H](CC(C)C)C(=O)N[C@H](C(=O)N[C@@H](Cc1ccccc1)C(=O)N[C@@H](Cc1ccc(F)c(F)c1)C(=O)N[C@]1(C)CCCCCC/C=C/CCC[C@@](C)(C(=O)NC(CO)C(=O)N[C@@H](C)C(=O)NC(Cc2ccccc2)C(N)=O)NC(=O)[C@H](CCC(C)C)CN[C@@H](CCC(N)=O)C(=O)C(=O)C(C)NC(=O)[C@H](Cc2c[nH]c3ccccc23)NC(=O)C(Cc2ccc(O)cc2)NC(=O)[C@H](CCC(=O)O)NC1=O)[C@@H](C)O. The van der Waals surface area contributed by atoms with Crippen molar-refractivity contribution < 1.29 is 116 Å². The largest absolute Gasteiger partial charge is 0.508 e. The molecule has 0 spiro atoms. The molecule has 15 amide bonds. The maximum Gasteiger partial charge on any atom is 0.303 e. The fourth-order valence-electron chi connectivity index (χ4n) is 16.4. The van der Waals surface area contributed by atoms with E-state index in [4.69, 9.17) is 11.5 Å². The number of H-pyrrole nitrogens is 1. The number of hydrogen-bond donors (Lipinski definition) is 21. The third-order valence-electron chi connectivity index (χ3n) is 24.8. The second-order valence-corrected chi connectivity index (χ2v) is 38.0. The number of phenolic OH excluding ortho intramolecular Hbond substituents is 1. The number of primary amides is 2. The lowest BCUT2D eigenvalue weighted by atomic mass is 9.90. The lowest BCUT2D eigenvalue weighted by molar-refractivity contribution is -0.140. The molecule has 16 atom stereocenters. The van der Waals surface area contributed by atoms with Crippen LogP contribution in [0.15, 0.2) is 146 Å². The zero-order chi connectivity index (χ0) is 106. The van der Waals surface area contributed by atoms with Crippen LogP contribution < -0.4 is 85.9 Å². The Morgan fingerprint density at radius 1 is 0.514 bits per heavy atom. The van der Waals surface area contributed by atoms with Crippen molar-refractivity contribution in [1.29, 1.82) is 0 Å². The van der Waals surface area contributed by atoms with E-state index < -0.39 is 265 Å². The van der Waals surface area contributed by atoms with E-state index in [0.717, 1.165) is 18.2 Å². The van der Waals surface area contributed by atoms with E-state index in [1.165, 1.54) is 65.8 Å². The first-order valence-corrected chi connectivity index (χ1v) is 48.5. The van der Waals surface area contributed by atoms with Gasteiger partial charge in [0.25, 0.3) is 0 Å². The van der Waals surface area contributed by atoms with E-state index in [0.29, 0.717) is 59.7 Å². The number of aromatic nitrogens is 1. The minimum Gasteiger partial charge on any atom is -0.508 e. The van der Waals surface area contributed by atoms with Crippen LogP contribution in [0.4, 0.5) is 8.78 Å². The van der Waals surface area contributed by atoms with Crippen molar-refractivity contribution in [3.05, 3.63) is 185 Å². The van der Waals surface area contributed by atoms with Crippen LogP contribution in [0.2, 0.25) is 0 Å². The monoisotopic (exact) mass is 2000 g/mol. The number of halogens is 2. The molecule has 39 nitrogen and oxygen atoms in total. The maximum atomic E-state index is 15.8. The Bertz CT molecular complexity index is 5470. The van der Waals surface area contributed by atoms with Gasteiger partial charge in [0.15, 0.2) is 11.6 Å². The smallest absolute Gasteiger partial charge is 0.303 e. The van der Waals surface area contributed by atoms with Gasteiger partial charge in [0.05, 0.1) is 30.7 Å². The van der Waals surface area contributed by atoms with E-state index in [1.807, 2.05) is 19.9 Å². The van der Waals surface area contributed by atoms with Crippen molar-refractivity contribution >= 4 is 117 Å². The van der Waals surface area contributed by atoms with Crippen LogP contribution in [0.25, 0.3) is 10.9 Å². The molecule has 23 N–H and O–H groups in total. The van der Waals surface area contributed by atoms with Gasteiger partial charge in [-0.05, 0) is 169 Å². The quantitative estimate of drug-likeness (QED) is 0.0195. The number of nitrogens with one attached hydrogen (secondary N) is 15. The summed E-state index contributed by atoms with van der Waals surface area (Å²) in [6, 6.07) is 11.7. The number of rotatable bonds is 39. The van der Waals surface area contributed by atoms with Gasteiger partial charge in [-0.3, -0.25) is 86.3 Å². The van der Waals surface area contributed by atoms with Crippen molar-refractivity contribution in [3.63, 3.8) is 0 Å². The molecule has 144 heavy (non-hydrogen) atoms. The molecule has 0 saturated carbocycles. The standard InChI is InChI=1S/C103H139F2N17O22/c1-58(2)34-38-68-55-109-75(42-44-84(106)127)88(131)87(130)60(5)110-93(136)82(54-69-56-108-74-33-25-24-32-71(69)74)116-94(137)79(52-66-35-39-70(126)40-36-66)114-92(135)76(43-45-85(128)129)118-100(143)103(10,47-27-17-15-13-11-12-14-16-26-46-102(9,121-91(68)134)101(144)119-83(57-123)97(140)111-61(6)90(133)113-77(89(107)132)50-64-28-20-18-21-29-64)122-98(141)81(53-67-37-41-72(104)73(105)49-67)115-95(138)80(51-65-30-22-19-23-31-65)117-99(142)86(62(7)124)120-96(139)78(48-59(3)4)112-63(8)125/h12,14,18-25,28-33,35-37,39-41,49,56,58-62,68,75-83,86,108-109,123-124,126H,11,13,15-17,26-27,34,38,42-48,50-55,57H2,1-10H3,(H2,106,127)(H2,107,132)(H,110,136)(H,111,140)(H,112,125)(H,113,133)(H,114,135)(H,115,138)(H,116,137)(H,117,142)(H,118,143)(H,119,144)(H,120,139)(H,121,134)(H,122,141)(H,128,129)/b14-12+/t60?,61-,62+,68+,75-,76-,77?,78-,79?,80-,81-,82-,83?,86-,102-,103+/m0/s1. The van der Waals surface area contributed by atoms with Gasteiger partial charge in [-0.2, -0.15) is 0 Å². The second kappa shape index (κ2) is 57.2. The molecule has 0 bridgehead atoms. The Morgan fingerprint density at radius 3 is 1.67 bits per heavy atom. The molecular weight excluding hydrogens is 1870 g/mol. The van der Waals surface area contributed by atoms with Crippen molar-refractivity contribution in [3.8, 4) is 5.75 Å². The number of carboxylic acids is 1. The van der Waals surface area contributed by atoms with Crippen LogP contribution in [0.5, 0.6) is 5.75 Å². The van der Waals surface area contributed by atoms with Gasteiger partial charge in [0, 0.05) is 75.5 Å². The molecule has 0 fully saturated rings. The third kappa shape index (κ3) is 37.9. The Labute approximate surface area is 835 Å². The summed E-state index contributed by atoms with van der Waals surface area (Å²) in [5.41, 5.74) is 9.34. The highest BCUT2D eigenvalue weighted by Gasteiger charge is 2.44. The highest BCUT2D eigenvalue weighted by Crippen LogP contribution is 2.26. The minimum atomic E-state index is -2.25. The first kappa shape index (κ1) is 117.